The lowest BCUT2D eigenvalue weighted by Gasteiger charge is -2.35. The zero-order valence-corrected chi connectivity index (χ0v) is 16.0. The predicted molar refractivity (Wildman–Crippen MR) is 95.3 cm³/mol. The van der Waals surface area contributed by atoms with Crippen LogP contribution in [0, 0.1) is 0 Å². The van der Waals surface area contributed by atoms with E-state index in [0.29, 0.717) is 11.8 Å². The molecule has 0 heterocycles. The van der Waals surface area contributed by atoms with Gasteiger partial charge in [0, 0.05) is 11.1 Å². The first kappa shape index (κ1) is 18.9. The van der Waals surface area contributed by atoms with Gasteiger partial charge in [0.2, 0.25) is 0 Å². The fourth-order valence-electron chi connectivity index (χ4n) is 3.48. The highest BCUT2D eigenvalue weighted by Crippen LogP contribution is 2.51. The quantitative estimate of drug-likeness (QED) is 0.664. The molecule has 0 unspecified atom stereocenters. The molecule has 2 N–H and O–H groups in total. The van der Waals surface area contributed by atoms with Gasteiger partial charge in [0.15, 0.2) is 11.5 Å². The fourth-order valence-corrected chi connectivity index (χ4v) is 3.48. The highest BCUT2D eigenvalue weighted by molar-refractivity contribution is 5.64. The van der Waals surface area contributed by atoms with Gasteiger partial charge in [-0.15, -0.1) is 0 Å². The van der Waals surface area contributed by atoms with Crippen molar-refractivity contribution in [3.05, 3.63) is 22.3 Å². The Hall–Kier alpha value is -1.18. The van der Waals surface area contributed by atoms with Gasteiger partial charge in [0.05, 0.1) is 0 Å². The molecule has 2 nitrogen and oxygen atoms in total. The lowest BCUT2D eigenvalue weighted by molar-refractivity contribution is 0.371. The Morgan fingerprint density at radius 1 is 0.591 bits per heavy atom. The van der Waals surface area contributed by atoms with Crippen LogP contribution in [0.15, 0.2) is 0 Å². The first-order chi connectivity index (χ1) is 9.71. The van der Waals surface area contributed by atoms with Crippen LogP contribution < -0.4 is 0 Å². The molecule has 0 amide bonds. The highest BCUT2D eigenvalue weighted by atomic mass is 16.3. The second-order valence-electron chi connectivity index (χ2n) is 9.08. The number of phenols is 2. The van der Waals surface area contributed by atoms with Crippen molar-refractivity contribution in [1.82, 2.24) is 0 Å². The summed E-state index contributed by atoms with van der Waals surface area (Å²) in [5.41, 5.74) is 3.72. The minimum atomic E-state index is -0.221. The largest absolute Gasteiger partial charge is 0.504 e. The van der Waals surface area contributed by atoms with Crippen LogP contribution in [-0.2, 0) is 10.8 Å². The SMILES string of the molecule is CC(C)c1c(C(C)C)c(C(C)(C)C)c(O)c(O)c1C(C)(C)C. The molecule has 0 saturated heterocycles. The van der Waals surface area contributed by atoms with Crippen molar-refractivity contribution in [3.8, 4) is 11.5 Å². The monoisotopic (exact) mass is 306 g/mol. The summed E-state index contributed by atoms with van der Waals surface area (Å²) in [6.45, 7) is 21.2. The third kappa shape index (κ3) is 3.26. The van der Waals surface area contributed by atoms with Crippen LogP contribution in [0.4, 0.5) is 0 Å². The first-order valence-corrected chi connectivity index (χ1v) is 8.33. The summed E-state index contributed by atoms with van der Waals surface area (Å²) in [6, 6.07) is 0. The van der Waals surface area contributed by atoms with Crippen molar-refractivity contribution in [2.45, 2.75) is 91.9 Å². The molecule has 126 valence electrons. The molecule has 0 aromatic heterocycles. The first-order valence-electron chi connectivity index (χ1n) is 8.33. The third-order valence-electron chi connectivity index (χ3n) is 4.18. The van der Waals surface area contributed by atoms with Crippen LogP contribution in [0.3, 0.4) is 0 Å². The predicted octanol–water partition coefficient (Wildman–Crippen LogP) is 5.94. The van der Waals surface area contributed by atoms with Gasteiger partial charge in [0.25, 0.3) is 0 Å². The van der Waals surface area contributed by atoms with E-state index in [1.54, 1.807) is 0 Å². The topological polar surface area (TPSA) is 40.5 Å². The van der Waals surface area contributed by atoms with E-state index in [-0.39, 0.29) is 22.3 Å². The molecule has 0 aliphatic rings. The van der Waals surface area contributed by atoms with E-state index in [2.05, 4.69) is 69.2 Å². The van der Waals surface area contributed by atoms with E-state index in [9.17, 15) is 10.2 Å². The molecule has 0 atom stereocenters. The van der Waals surface area contributed by atoms with Crippen molar-refractivity contribution in [1.29, 1.82) is 0 Å². The Labute approximate surface area is 136 Å². The summed E-state index contributed by atoms with van der Waals surface area (Å²) in [5.74, 6) is 0.703. The van der Waals surface area contributed by atoms with Crippen LogP contribution in [0.1, 0.15) is 103 Å². The van der Waals surface area contributed by atoms with Crippen LogP contribution >= 0.6 is 0 Å². The van der Waals surface area contributed by atoms with Crippen molar-refractivity contribution in [2.24, 2.45) is 0 Å². The normalized spacial score (nSPS) is 13.3. The molecule has 1 aromatic carbocycles. The standard InChI is InChI=1S/C20H34O2/c1-11(2)13-14(12(3)4)16(20(8,9)10)18(22)17(21)15(13)19(5,6)7/h11-12,21-22H,1-10H3. The summed E-state index contributed by atoms with van der Waals surface area (Å²) in [7, 11) is 0. The van der Waals surface area contributed by atoms with E-state index in [1.807, 2.05) is 0 Å². The number of phenolic OH excluding ortho intramolecular Hbond substituents is 2. The lowest BCUT2D eigenvalue weighted by Crippen LogP contribution is -2.23. The molecule has 0 fully saturated rings. The second kappa shape index (κ2) is 5.79. The molecule has 0 spiro atoms. The number of aromatic hydroxyl groups is 2. The van der Waals surface area contributed by atoms with E-state index in [4.69, 9.17) is 0 Å². The van der Waals surface area contributed by atoms with Gasteiger partial charge in [-0.2, -0.15) is 0 Å². The maximum atomic E-state index is 10.8. The Morgan fingerprint density at radius 3 is 0.955 bits per heavy atom. The third-order valence-corrected chi connectivity index (χ3v) is 4.18. The average molecular weight is 306 g/mol. The van der Waals surface area contributed by atoms with E-state index in [0.717, 1.165) is 11.1 Å². The van der Waals surface area contributed by atoms with Crippen molar-refractivity contribution < 1.29 is 10.2 Å². The number of rotatable bonds is 2. The zero-order valence-electron chi connectivity index (χ0n) is 16.0. The number of hydrogen-bond acceptors (Lipinski definition) is 2. The van der Waals surface area contributed by atoms with Gasteiger partial charge < -0.3 is 10.2 Å². The van der Waals surface area contributed by atoms with Crippen molar-refractivity contribution in [2.75, 3.05) is 0 Å². The number of hydrogen-bond donors (Lipinski definition) is 2. The van der Waals surface area contributed by atoms with Gasteiger partial charge in [0.1, 0.15) is 0 Å². The molecular formula is C20H34O2. The van der Waals surface area contributed by atoms with Crippen molar-refractivity contribution in [3.63, 3.8) is 0 Å². The smallest absolute Gasteiger partial charge is 0.161 e. The summed E-state index contributed by atoms with van der Waals surface area (Å²) >= 11 is 0. The molecule has 1 rings (SSSR count). The van der Waals surface area contributed by atoms with Crippen LogP contribution in [0.5, 0.6) is 11.5 Å². The molecule has 0 aliphatic carbocycles. The van der Waals surface area contributed by atoms with Crippen LogP contribution in [0.2, 0.25) is 0 Å². The fraction of sp³-hybridized carbons (Fsp3) is 0.700. The average Bonchev–Trinajstić information content (AvgIpc) is 2.27. The Kier molecular flexibility index (Phi) is 4.97. The Bertz CT molecular complexity index is 502. The van der Waals surface area contributed by atoms with Crippen LogP contribution in [-0.4, -0.2) is 10.2 Å². The van der Waals surface area contributed by atoms with Gasteiger partial charge in [-0.25, -0.2) is 0 Å². The molecule has 0 aliphatic heterocycles. The van der Waals surface area contributed by atoms with Gasteiger partial charge >= 0.3 is 0 Å². The van der Waals surface area contributed by atoms with E-state index < -0.39 is 0 Å². The molecule has 0 radical (unpaired) electrons. The van der Waals surface area contributed by atoms with Crippen LogP contribution in [0.25, 0.3) is 0 Å². The molecule has 2 heteroatoms. The van der Waals surface area contributed by atoms with Gasteiger partial charge in [-0.3, -0.25) is 0 Å². The summed E-state index contributed by atoms with van der Waals surface area (Å²) < 4.78 is 0. The van der Waals surface area contributed by atoms with Crippen molar-refractivity contribution >= 4 is 0 Å². The minimum Gasteiger partial charge on any atom is -0.504 e. The second-order valence-corrected chi connectivity index (χ2v) is 9.08. The maximum absolute atomic E-state index is 10.8. The van der Waals surface area contributed by atoms with Gasteiger partial charge in [-0.05, 0) is 33.8 Å². The minimum absolute atomic E-state index is 0.0607. The summed E-state index contributed by atoms with van der Waals surface area (Å²) in [5, 5.41) is 21.5. The van der Waals surface area contributed by atoms with E-state index >= 15 is 0 Å². The zero-order chi connectivity index (χ0) is 17.6. The van der Waals surface area contributed by atoms with E-state index in [1.165, 1.54) is 11.1 Å². The molecule has 1 aromatic rings. The molecule has 22 heavy (non-hydrogen) atoms. The summed E-state index contributed by atoms with van der Waals surface area (Å²) in [6.07, 6.45) is 0. The molecular weight excluding hydrogens is 272 g/mol. The molecule has 0 saturated carbocycles. The summed E-state index contributed by atoms with van der Waals surface area (Å²) in [4.78, 5) is 0. The Morgan fingerprint density at radius 2 is 0.818 bits per heavy atom. The van der Waals surface area contributed by atoms with Gasteiger partial charge in [-0.1, -0.05) is 69.2 Å². The Balaban J connectivity index is 4.11. The molecule has 0 bridgehead atoms. The maximum Gasteiger partial charge on any atom is 0.161 e. The number of benzene rings is 1. The lowest BCUT2D eigenvalue weighted by atomic mass is 9.70. The highest BCUT2D eigenvalue weighted by Gasteiger charge is 2.35.